The Hall–Kier alpha value is -2.54. The summed E-state index contributed by atoms with van der Waals surface area (Å²) in [4.78, 5) is 20.7. The van der Waals surface area contributed by atoms with Crippen molar-refractivity contribution in [1.29, 1.82) is 0 Å². The molecule has 0 aliphatic carbocycles. The van der Waals surface area contributed by atoms with E-state index in [4.69, 9.17) is 0 Å². The Bertz CT molecular complexity index is 963. The van der Waals surface area contributed by atoms with Crippen LogP contribution in [0.5, 0.6) is 0 Å². The summed E-state index contributed by atoms with van der Waals surface area (Å²) in [6, 6.07) is 9.70. The summed E-state index contributed by atoms with van der Waals surface area (Å²) in [7, 11) is 0. The van der Waals surface area contributed by atoms with Gasteiger partial charge in [-0.3, -0.25) is 4.79 Å². The molecule has 0 bridgehead atoms. The zero-order valence-electron chi connectivity index (χ0n) is 14.2. The highest BCUT2D eigenvalue weighted by Gasteiger charge is 2.24. The number of anilines is 1. The summed E-state index contributed by atoms with van der Waals surface area (Å²) in [5.41, 5.74) is 2.00. The topological polar surface area (TPSA) is 36.4 Å². The molecule has 0 radical (unpaired) electrons. The van der Waals surface area contributed by atoms with Gasteiger partial charge in [-0.05, 0) is 25.1 Å². The van der Waals surface area contributed by atoms with Crippen LogP contribution < -0.4 is 4.90 Å². The largest absolute Gasteiger partial charge is 0.345 e. The summed E-state index contributed by atoms with van der Waals surface area (Å²) in [6.07, 6.45) is 0. The van der Waals surface area contributed by atoms with Crippen molar-refractivity contribution in [3.05, 3.63) is 59.2 Å². The molecular formula is C19H17F2N3OS. The third-order valence-corrected chi connectivity index (χ3v) is 5.60. The van der Waals surface area contributed by atoms with Gasteiger partial charge < -0.3 is 9.80 Å². The van der Waals surface area contributed by atoms with Gasteiger partial charge in [-0.2, -0.15) is 0 Å². The lowest BCUT2D eigenvalue weighted by atomic mass is 10.1. The lowest BCUT2D eigenvalue weighted by Crippen LogP contribution is -2.48. The Balaban J connectivity index is 1.47. The third-order valence-electron chi connectivity index (χ3n) is 4.54. The van der Waals surface area contributed by atoms with Crippen molar-refractivity contribution >= 4 is 32.6 Å². The van der Waals surface area contributed by atoms with E-state index in [-0.39, 0.29) is 11.4 Å². The monoisotopic (exact) mass is 373 g/mol. The summed E-state index contributed by atoms with van der Waals surface area (Å²) < 4.78 is 27.7. The molecule has 1 fully saturated rings. The zero-order chi connectivity index (χ0) is 18.3. The van der Waals surface area contributed by atoms with Crippen LogP contribution in [0.2, 0.25) is 0 Å². The third kappa shape index (κ3) is 3.14. The molecule has 4 nitrogen and oxygen atoms in total. The Morgan fingerprint density at radius 1 is 1.08 bits per heavy atom. The van der Waals surface area contributed by atoms with E-state index in [1.807, 2.05) is 41.0 Å². The van der Waals surface area contributed by atoms with Gasteiger partial charge >= 0.3 is 0 Å². The smallest absolute Gasteiger partial charge is 0.253 e. The lowest BCUT2D eigenvalue weighted by Gasteiger charge is -2.34. The Labute approximate surface area is 153 Å². The first-order valence-corrected chi connectivity index (χ1v) is 9.19. The summed E-state index contributed by atoms with van der Waals surface area (Å²) in [6.45, 7) is 4.35. The SMILES string of the molecule is Cc1ccc(C(=O)N2CCN(c3nc4c(F)cc(F)cc4s3)CC2)cc1. The molecule has 1 saturated heterocycles. The van der Waals surface area contributed by atoms with Crippen LogP contribution in [0, 0.1) is 18.6 Å². The highest BCUT2D eigenvalue weighted by Crippen LogP contribution is 2.31. The molecule has 26 heavy (non-hydrogen) atoms. The van der Waals surface area contributed by atoms with E-state index in [1.165, 1.54) is 17.4 Å². The number of halogens is 2. The van der Waals surface area contributed by atoms with Crippen LogP contribution in [0.15, 0.2) is 36.4 Å². The number of carbonyl (C=O) groups is 1. The second-order valence-corrected chi connectivity index (χ2v) is 7.39. The highest BCUT2D eigenvalue weighted by atomic mass is 32.1. The maximum Gasteiger partial charge on any atom is 0.253 e. The number of aromatic nitrogens is 1. The van der Waals surface area contributed by atoms with Crippen molar-refractivity contribution in [2.75, 3.05) is 31.1 Å². The quantitative estimate of drug-likeness (QED) is 0.685. The molecule has 4 rings (SSSR count). The number of rotatable bonds is 2. The average Bonchev–Trinajstić information content (AvgIpc) is 3.06. The zero-order valence-corrected chi connectivity index (χ0v) is 15.0. The minimum Gasteiger partial charge on any atom is -0.345 e. The number of fused-ring (bicyclic) bond motifs is 1. The summed E-state index contributed by atoms with van der Waals surface area (Å²) >= 11 is 1.27. The molecule has 3 aromatic rings. The van der Waals surface area contributed by atoms with E-state index >= 15 is 0 Å². The Morgan fingerprint density at radius 2 is 1.77 bits per heavy atom. The summed E-state index contributed by atoms with van der Waals surface area (Å²) in [5, 5.41) is 0.659. The first-order chi connectivity index (χ1) is 12.5. The van der Waals surface area contributed by atoms with Crippen LogP contribution in [0.25, 0.3) is 10.2 Å². The molecular weight excluding hydrogens is 356 g/mol. The van der Waals surface area contributed by atoms with Gasteiger partial charge in [0, 0.05) is 37.8 Å². The Kier molecular flexibility index (Phi) is 4.32. The van der Waals surface area contributed by atoms with E-state index in [1.54, 1.807) is 0 Å². The van der Waals surface area contributed by atoms with Crippen molar-refractivity contribution < 1.29 is 13.6 Å². The second-order valence-electron chi connectivity index (χ2n) is 6.38. The van der Waals surface area contributed by atoms with Crippen LogP contribution in [0.1, 0.15) is 15.9 Å². The van der Waals surface area contributed by atoms with Crippen molar-refractivity contribution in [3.8, 4) is 0 Å². The maximum absolute atomic E-state index is 13.8. The molecule has 134 valence electrons. The number of thiazole rings is 1. The van der Waals surface area contributed by atoms with Crippen LogP contribution in [0.3, 0.4) is 0 Å². The van der Waals surface area contributed by atoms with Crippen molar-refractivity contribution in [1.82, 2.24) is 9.88 Å². The van der Waals surface area contributed by atoms with Gasteiger partial charge in [0.05, 0.1) is 4.70 Å². The van der Waals surface area contributed by atoms with E-state index < -0.39 is 11.6 Å². The normalized spacial score (nSPS) is 14.9. The number of aryl methyl sites for hydroxylation is 1. The number of carbonyl (C=O) groups excluding carboxylic acids is 1. The first-order valence-electron chi connectivity index (χ1n) is 8.38. The molecule has 1 aromatic heterocycles. The number of nitrogens with zero attached hydrogens (tertiary/aromatic N) is 3. The fourth-order valence-corrected chi connectivity index (χ4v) is 4.12. The van der Waals surface area contributed by atoms with Crippen LogP contribution in [-0.2, 0) is 0 Å². The summed E-state index contributed by atoms with van der Waals surface area (Å²) in [5.74, 6) is -1.23. The fraction of sp³-hybridized carbons (Fsp3) is 0.263. The van der Waals surface area contributed by atoms with E-state index in [0.717, 1.165) is 11.6 Å². The van der Waals surface area contributed by atoms with Crippen molar-refractivity contribution in [3.63, 3.8) is 0 Å². The molecule has 0 N–H and O–H groups in total. The van der Waals surface area contributed by atoms with Gasteiger partial charge in [0.15, 0.2) is 10.9 Å². The molecule has 1 aliphatic rings. The van der Waals surface area contributed by atoms with Gasteiger partial charge in [-0.25, -0.2) is 13.8 Å². The van der Waals surface area contributed by atoms with E-state index in [2.05, 4.69) is 4.98 Å². The minimum atomic E-state index is -0.643. The minimum absolute atomic E-state index is 0.0158. The molecule has 0 saturated carbocycles. The molecule has 0 unspecified atom stereocenters. The van der Waals surface area contributed by atoms with Gasteiger partial charge in [0.2, 0.25) is 0 Å². The van der Waals surface area contributed by atoms with Crippen LogP contribution >= 0.6 is 11.3 Å². The maximum atomic E-state index is 13.8. The molecule has 1 aliphatic heterocycles. The first kappa shape index (κ1) is 16.9. The number of piperazine rings is 1. The predicted molar refractivity (Wildman–Crippen MR) is 98.8 cm³/mol. The molecule has 2 heterocycles. The van der Waals surface area contributed by atoms with Gasteiger partial charge in [0.25, 0.3) is 5.91 Å². The molecule has 0 atom stereocenters. The average molecular weight is 373 g/mol. The van der Waals surface area contributed by atoms with Gasteiger partial charge in [-0.1, -0.05) is 29.0 Å². The van der Waals surface area contributed by atoms with Crippen LogP contribution in [0.4, 0.5) is 13.9 Å². The number of benzene rings is 2. The predicted octanol–water partition coefficient (Wildman–Crippen LogP) is 3.85. The number of hydrogen-bond acceptors (Lipinski definition) is 4. The molecule has 1 amide bonds. The van der Waals surface area contributed by atoms with E-state index in [9.17, 15) is 13.6 Å². The van der Waals surface area contributed by atoms with Gasteiger partial charge in [-0.15, -0.1) is 0 Å². The molecule has 7 heteroatoms. The van der Waals surface area contributed by atoms with Gasteiger partial charge in [0.1, 0.15) is 11.3 Å². The van der Waals surface area contributed by atoms with Crippen LogP contribution in [-0.4, -0.2) is 42.0 Å². The highest BCUT2D eigenvalue weighted by molar-refractivity contribution is 7.22. The number of hydrogen-bond donors (Lipinski definition) is 0. The molecule has 2 aromatic carbocycles. The fourth-order valence-electron chi connectivity index (χ4n) is 3.06. The van der Waals surface area contributed by atoms with Crippen molar-refractivity contribution in [2.45, 2.75) is 6.92 Å². The Morgan fingerprint density at radius 3 is 2.46 bits per heavy atom. The standard InChI is InChI=1S/C19H17F2N3OS/c1-12-2-4-13(5-3-12)18(25)23-6-8-24(9-7-23)19-22-17-15(21)10-14(20)11-16(17)26-19/h2-5,10-11H,6-9H2,1H3. The van der Waals surface area contributed by atoms with E-state index in [0.29, 0.717) is 41.6 Å². The second kappa shape index (κ2) is 6.64. The van der Waals surface area contributed by atoms with Crippen molar-refractivity contribution in [2.24, 2.45) is 0 Å². The molecule has 0 spiro atoms. The number of amides is 1. The lowest BCUT2D eigenvalue weighted by molar-refractivity contribution is 0.0747.